The Balaban J connectivity index is 1.77. The molecular formula is C14H23N3O. The maximum Gasteiger partial charge on any atom is 0.0724 e. The highest BCUT2D eigenvalue weighted by molar-refractivity contribution is 5.00. The van der Waals surface area contributed by atoms with Crippen LogP contribution in [0.2, 0.25) is 0 Å². The second-order valence-corrected chi connectivity index (χ2v) is 5.03. The maximum atomic E-state index is 5.75. The molecule has 1 saturated heterocycles. The van der Waals surface area contributed by atoms with E-state index in [0.29, 0.717) is 12.1 Å². The highest BCUT2D eigenvalue weighted by Crippen LogP contribution is 2.18. The van der Waals surface area contributed by atoms with Crippen molar-refractivity contribution in [1.29, 1.82) is 0 Å². The average Bonchev–Trinajstić information content (AvgIpc) is 2.39. The van der Waals surface area contributed by atoms with Gasteiger partial charge in [0.05, 0.1) is 17.5 Å². The van der Waals surface area contributed by atoms with Crippen LogP contribution in [0.4, 0.5) is 0 Å². The van der Waals surface area contributed by atoms with Crippen LogP contribution in [0.1, 0.15) is 44.0 Å². The fourth-order valence-corrected chi connectivity index (χ4v) is 2.35. The third kappa shape index (κ3) is 4.03. The van der Waals surface area contributed by atoms with Gasteiger partial charge in [-0.3, -0.25) is 9.97 Å². The third-order valence-corrected chi connectivity index (χ3v) is 3.38. The summed E-state index contributed by atoms with van der Waals surface area (Å²) in [5.41, 5.74) is 1.98. The number of nitrogens with zero attached hydrogens (tertiary/aromatic N) is 2. The Morgan fingerprint density at radius 3 is 3.00 bits per heavy atom. The number of ether oxygens (including phenoxy) is 1. The van der Waals surface area contributed by atoms with Crippen LogP contribution in [-0.4, -0.2) is 28.7 Å². The maximum absolute atomic E-state index is 5.75. The fraction of sp³-hybridized carbons (Fsp3) is 0.714. The zero-order valence-electron chi connectivity index (χ0n) is 11.4. The van der Waals surface area contributed by atoms with Crippen molar-refractivity contribution >= 4 is 0 Å². The molecule has 2 heterocycles. The molecule has 1 aliphatic rings. The zero-order valence-corrected chi connectivity index (χ0v) is 11.4. The lowest BCUT2D eigenvalue weighted by atomic mass is 10.00. The summed E-state index contributed by atoms with van der Waals surface area (Å²) in [7, 11) is 0. The molecule has 0 radical (unpaired) electrons. The molecule has 0 aliphatic carbocycles. The lowest BCUT2D eigenvalue weighted by Crippen LogP contribution is -2.38. The van der Waals surface area contributed by atoms with Crippen molar-refractivity contribution in [3.8, 4) is 0 Å². The van der Waals surface area contributed by atoms with E-state index in [1.807, 2.05) is 19.3 Å². The second-order valence-electron chi connectivity index (χ2n) is 5.03. The minimum Gasteiger partial charge on any atom is -0.378 e. The summed E-state index contributed by atoms with van der Waals surface area (Å²) < 4.78 is 5.75. The van der Waals surface area contributed by atoms with Gasteiger partial charge < -0.3 is 10.1 Å². The van der Waals surface area contributed by atoms with Gasteiger partial charge in [-0.05, 0) is 26.2 Å². The van der Waals surface area contributed by atoms with Gasteiger partial charge >= 0.3 is 0 Å². The van der Waals surface area contributed by atoms with Crippen LogP contribution in [0.3, 0.4) is 0 Å². The van der Waals surface area contributed by atoms with Crippen LogP contribution >= 0.6 is 0 Å². The second kappa shape index (κ2) is 6.81. The third-order valence-electron chi connectivity index (χ3n) is 3.38. The van der Waals surface area contributed by atoms with Gasteiger partial charge in [-0.1, -0.05) is 13.3 Å². The molecule has 1 N–H and O–H groups in total. The highest BCUT2D eigenvalue weighted by atomic mass is 16.5. The first kappa shape index (κ1) is 13.4. The molecule has 0 bridgehead atoms. The Morgan fingerprint density at radius 2 is 2.28 bits per heavy atom. The van der Waals surface area contributed by atoms with Gasteiger partial charge in [0.2, 0.25) is 0 Å². The first-order valence-electron chi connectivity index (χ1n) is 6.90. The van der Waals surface area contributed by atoms with E-state index in [9.17, 15) is 0 Å². The Kier molecular flexibility index (Phi) is 5.08. The Bertz CT molecular complexity index is 351. The molecular weight excluding hydrogens is 226 g/mol. The quantitative estimate of drug-likeness (QED) is 0.869. The molecule has 1 aliphatic heterocycles. The van der Waals surface area contributed by atoms with Crippen molar-refractivity contribution in [2.45, 2.75) is 58.2 Å². The normalized spacial score (nSPS) is 24.1. The van der Waals surface area contributed by atoms with Gasteiger partial charge in [-0.15, -0.1) is 0 Å². The standard InChI is InChI=1S/C14H23N3O/c1-3-4-14-7-12(5-6-18-14)17-10-13-9-15-11(2)8-16-13/h8-9,12,14,17H,3-7,10H2,1-2H3. The van der Waals surface area contributed by atoms with E-state index in [1.54, 1.807) is 0 Å². The molecule has 2 rings (SSSR count). The minimum atomic E-state index is 0.436. The molecule has 0 amide bonds. The fourth-order valence-electron chi connectivity index (χ4n) is 2.35. The molecule has 2 atom stereocenters. The van der Waals surface area contributed by atoms with Gasteiger partial charge in [-0.2, -0.15) is 0 Å². The predicted octanol–water partition coefficient (Wildman–Crippen LogP) is 2.22. The molecule has 1 fully saturated rings. The topological polar surface area (TPSA) is 47.0 Å². The summed E-state index contributed by atoms with van der Waals surface area (Å²) in [6.45, 7) is 5.85. The molecule has 1 aromatic rings. The van der Waals surface area contributed by atoms with Crippen LogP contribution in [0.15, 0.2) is 12.4 Å². The van der Waals surface area contributed by atoms with Gasteiger partial charge in [-0.25, -0.2) is 0 Å². The number of nitrogens with one attached hydrogen (secondary N) is 1. The molecule has 4 heteroatoms. The summed E-state index contributed by atoms with van der Waals surface area (Å²) in [4.78, 5) is 8.62. The van der Waals surface area contributed by atoms with E-state index >= 15 is 0 Å². The van der Waals surface area contributed by atoms with Crippen LogP contribution in [0, 0.1) is 6.92 Å². The van der Waals surface area contributed by atoms with Gasteiger partial charge in [0.15, 0.2) is 0 Å². The van der Waals surface area contributed by atoms with Crippen molar-refractivity contribution in [3.05, 3.63) is 23.8 Å². The number of hydrogen-bond acceptors (Lipinski definition) is 4. The molecule has 2 unspecified atom stereocenters. The van der Waals surface area contributed by atoms with E-state index in [-0.39, 0.29) is 0 Å². The van der Waals surface area contributed by atoms with Gasteiger partial charge in [0.25, 0.3) is 0 Å². The van der Waals surface area contributed by atoms with Crippen molar-refractivity contribution < 1.29 is 4.74 Å². The number of rotatable bonds is 5. The average molecular weight is 249 g/mol. The smallest absolute Gasteiger partial charge is 0.0724 e. The van der Waals surface area contributed by atoms with E-state index in [0.717, 1.165) is 37.4 Å². The van der Waals surface area contributed by atoms with E-state index < -0.39 is 0 Å². The molecule has 0 aromatic carbocycles. The minimum absolute atomic E-state index is 0.436. The van der Waals surface area contributed by atoms with Crippen LogP contribution in [0.25, 0.3) is 0 Å². The van der Waals surface area contributed by atoms with Crippen LogP contribution in [0.5, 0.6) is 0 Å². The SMILES string of the molecule is CCCC1CC(NCc2cnc(C)cn2)CCO1. The Hall–Kier alpha value is -1.00. The Labute approximate surface area is 109 Å². The molecule has 1 aromatic heterocycles. The number of aromatic nitrogens is 2. The molecule has 4 nitrogen and oxygen atoms in total. The first-order valence-corrected chi connectivity index (χ1v) is 6.90. The summed E-state index contributed by atoms with van der Waals surface area (Å²) in [6.07, 6.45) is 8.69. The van der Waals surface area contributed by atoms with Crippen molar-refractivity contribution in [2.75, 3.05) is 6.61 Å². The van der Waals surface area contributed by atoms with Crippen molar-refractivity contribution in [3.63, 3.8) is 0 Å². The number of aryl methyl sites for hydroxylation is 1. The van der Waals surface area contributed by atoms with Crippen molar-refractivity contribution in [2.24, 2.45) is 0 Å². The van der Waals surface area contributed by atoms with Crippen LogP contribution in [-0.2, 0) is 11.3 Å². The molecule has 18 heavy (non-hydrogen) atoms. The summed E-state index contributed by atoms with van der Waals surface area (Å²) >= 11 is 0. The summed E-state index contributed by atoms with van der Waals surface area (Å²) in [5.74, 6) is 0. The van der Waals surface area contributed by atoms with Crippen molar-refractivity contribution in [1.82, 2.24) is 15.3 Å². The molecule has 0 spiro atoms. The summed E-state index contributed by atoms with van der Waals surface area (Å²) in [6, 6.07) is 0.554. The van der Waals surface area contributed by atoms with E-state index in [2.05, 4.69) is 22.2 Å². The van der Waals surface area contributed by atoms with E-state index in [4.69, 9.17) is 4.74 Å². The van der Waals surface area contributed by atoms with E-state index in [1.165, 1.54) is 12.8 Å². The largest absolute Gasteiger partial charge is 0.378 e. The van der Waals surface area contributed by atoms with Crippen LogP contribution < -0.4 is 5.32 Å². The monoisotopic (exact) mass is 249 g/mol. The first-order chi connectivity index (χ1) is 8.78. The van der Waals surface area contributed by atoms with Gasteiger partial charge in [0.1, 0.15) is 0 Å². The lowest BCUT2D eigenvalue weighted by Gasteiger charge is -2.30. The molecule has 0 saturated carbocycles. The predicted molar refractivity (Wildman–Crippen MR) is 71.3 cm³/mol. The lowest BCUT2D eigenvalue weighted by molar-refractivity contribution is -0.00348. The highest BCUT2D eigenvalue weighted by Gasteiger charge is 2.21. The zero-order chi connectivity index (χ0) is 12.8. The summed E-state index contributed by atoms with van der Waals surface area (Å²) in [5, 5.41) is 3.56. The Morgan fingerprint density at radius 1 is 1.39 bits per heavy atom. The number of hydrogen-bond donors (Lipinski definition) is 1. The molecule has 100 valence electrons. The van der Waals surface area contributed by atoms with Gasteiger partial charge in [0, 0.05) is 31.6 Å².